The van der Waals surface area contributed by atoms with E-state index < -0.39 is 20.0 Å². The summed E-state index contributed by atoms with van der Waals surface area (Å²) in [5.74, 6) is 0. The summed E-state index contributed by atoms with van der Waals surface area (Å²) >= 11 is 2.16. The Hall–Kier alpha value is -3.72. The van der Waals surface area contributed by atoms with Crippen LogP contribution in [0.25, 0.3) is 10.8 Å². The molecular weight excluding hydrogens is 569 g/mol. The minimum atomic E-state index is -4.05. The average molecular weight is 589 g/mol. The zero-order valence-electron chi connectivity index (χ0n) is 19.5. The number of nitrogens with one attached hydrogen (secondary N) is 2. The normalized spacial score (nSPS) is 15.2. The highest BCUT2D eigenvalue weighted by molar-refractivity contribution is 7.95. The average Bonchev–Trinajstić information content (AvgIpc) is 3.70. The molecular formula is C24H20N4O6S4. The van der Waals surface area contributed by atoms with Gasteiger partial charge in [-0.05, 0) is 35.7 Å². The minimum absolute atomic E-state index is 0.0818. The molecule has 2 N–H and O–H groups in total. The van der Waals surface area contributed by atoms with Crippen molar-refractivity contribution in [2.45, 2.75) is 8.42 Å². The van der Waals surface area contributed by atoms with Crippen LogP contribution in [0.2, 0.25) is 0 Å². The summed E-state index contributed by atoms with van der Waals surface area (Å²) < 4.78 is 69.3. The number of hydrogen-bond donors (Lipinski definition) is 2. The lowest BCUT2D eigenvalue weighted by molar-refractivity contribution is 0.282. The van der Waals surface area contributed by atoms with Crippen molar-refractivity contribution < 1.29 is 26.3 Å². The predicted molar refractivity (Wildman–Crippen MR) is 149 cm³/mol. The fraction of sp³-hybridized carbons (Fsp3) is 0.0833. The van der Waals surface area contributed by atoms with E-state index in [0.717, 1.165) is 28.1 Å². The topological polar surface area (TPSA) is 117 Å². The lowest BCUT2D eigenvalue weighted by Gasteiger charge is -2.16. The van der Waals surface area contributed by atoms with Crippen LogP contribution in [0.1, 0.15) is 0 Å². The molecule has 2 aliphatic heterocycles. The van der Waals surface area contributed by atoms with E-state index in [4.69, 9.17) is 9.47 Å². The summed E-state index contributed by atoms with van der Waals surface area (Å²) in [7, 11) is -8.07. The van der Waals surface area contributed by atoms with E-state index in [1.165, 1.54) is 24.7 Å². The Morgan fingerprint density at radius 1 is 0.684 bits per heavy atom. The van der Waals surface area contributed by atoms with Gasteiger partial charge in [-0.1, -0.05) is 30.3 Å². The first-order chi connectivity index (χ1) is 18.3. The Labute approximate surface area is 227 Å². The standard InChI is InChI=1S/C24H20N4O6S4/c29-37(30,22-9-7-20(35-22)27-11-13-33-15-27)25-19-6-5-17-3-1-2-4-18(17)24(19)26-38(31,32)23-10-8-21(36-23)28-12-14-34-16-28/h1-14,25-26H,15-16H2. The van der Waals surface area contributed by atoms with E-state index in [1.807, 2.05) is 12.1 Å². The Morgan fingerprint density at radius 3 is 1.84 bits per heavy atom. The molecule has 0 unspecified atom stereocenters. The SMILES string of the molecule is O=S(=O)(Nc1ccc2ccccc2c1NS(=O)(=O)c1ccc(N2C=COC2)s1)c1ccc(N2C=COC2)s1. The van der Waals surface area contributed by atoms with E-state index in [1.54, 1.807) is 58.6 Å². The minimum Gasteiger partial charge on any atom is -0.479 e. The van der Waals surface area contributed by atoms with Gasteiger partial charge in [0.15, 0.2) is 13.5 Å². The molecule has 0 amide bonds. The number of sulfonamides is 2. The largest absolute Gasteiger partial charge is 0.479 e. The van der Waals surface area contributed by atoms with Gasteiger partial charge in [0.2, 0.25) is 0 Å². The molecule has 2 aromatic carbocycles. The maximum Gasteiger partial charge on any atom is 0.271 e. The molecule has 0 spiro atoms. The Balaban J connectivity index is 1.34. The van der Waals surface area contributed by atoms with Gasteiger partial charge in [0.25, 0.3) is 20.0 Å². The van der Waals surface area contributed by atoms with Gasteiger partial charge in [0.05, 0.1) is 21.4 Å². The van der Waals surface area contributed by atoms with Crippen LogP contribution in [0.15, 0.2) is 94.0 Å². The van der Waals surface area contributed by atoms with Crippen molar-refractivity contribution in [1.82, 2.24) is 0 Å². The van der Waals surface area contributed by atoms with Crippen LogP contribution >= 0.6 is 22.7 Å². The zero-order valence-corrected chi connectivity index (χ0v) is 22.7. The van der Waals surface area contributed by atoms with E-state index >= 15 is 0 Å². The van der Waals surface area contributed by atoms with Crippen molar-refractivity contribution in [2.75, 3.05) is 32.7 Å². The molecule has 4 aromatic rings. The van der Waals surface area contributed by atoms with Gasteiger partial charge in [0.1, 0.15) is 20.9 Å². The van der Waals surface area contributed by atoms with Crippen LogP contribution in [-0.4, -0.2) is 30.3 Å². The first-order valence-corrected chi connectivity index (χ1v) is 15.8. The highest BCUT2D eigenvalue weighted by Gasteiger charge is 2.25. The van der Waals surface area contributed by atoms with E-state index in [9.17, 15) is 16.8 Å². The van der Waals surface area contributed by atoms with Crippen molar-refractivity contribution in [3.63, 3.8) is 0 Å². The molecule has 2 aliphatic rings. The second-order valence-electron chi connectivity index (χ2n) is 8.21. The molecule has 0 aliphatic carbocycles. The summed E-state index contributed by atoms with van der Waals surface area (Å²) in [6.07, 6.45) is 6.50. The summed E-state index contributed by atoms with van der Waals surface area (Å²) in [5.41, 5.74) is 0.248. The number of benzene rings is 2. The van der Waals surface area contributed by atoms with E-state index in [2.05, 4.69) is 9.44 Å². The first kappa shape index (κ1) is 24.6. The molecule has 0 radical (unpaired) electrons. The second-order valence-corrected chi connectivity index (χ2v) is 14.1. The zero-order chi connectivity index (χ0) is 26.3. The number of anilines is 4. The van der Waals surface area contributed by atoms with Gasteiger partial charge < -0.3 is 19.3 Å². The molecule has 0 atom stereocenters. The molecule has 0 bridgehead atoms. The molecule has 196 valence electrons. The van der Waals surface area contributed by atoms with Crippen LogP contribution in [0.4, 0.5) is 21.4 Å². The number of nitrogens with zero attached hydrogens (tertiary/aromatic N) is 2. The van der Waals surface area contributed by atoms with Gasteiger partial charge in [-0.25, -0.2) is 16.8 Å². The van der Waals surface area contributed by atoms with Gasteiger partial charge in [-0.2, -0.15) is 0 Å². The van der Waals surface area contributed by atoms with Gasteiger partial charge >= 0.3 is 0 Å². The second kappa shape index (κ2) is 9.54. The fourth-order valence-corrected chi connectivity index (χ4v) is 8.61. The van der Waals surface area contributed by atoms with Crippen molar-refractivity contribution in [2.24, 2.45) is 0 Å². The maximum atomic E-state index is 13.4. The monoisotopic (exact) mass is 588 g/mol. The van der Waals surface area contributed by atoms with Crippen LogP contribution in [0, 0.1) is 0 Å². The molecule has 2 aromatic heterocycles. The maximum absolute atomic E-state index is 13.4. The van der Waals surface area contributed by atoms with Crippen LogP contribution in [0.3, 0.4) is 0 Å². The molecule has 6 rings (SSSR count). The quantitative estimate of drug-likeness (QED) is 0.292. The number of fused-ring (bicyclic) bond motifs is 1. The summed E-state index contributed by atoms with van der Waals surface area (Å²) in [6, 6.07) is 16.8. The third-order valence-corrected chi connectivity index (χ3v) is 11.7. The summed E-state index contributed by atoms with van der Waals surface area (Å²) in [4.78, 5) is 3.55. The lowest BCUT2D eigenvalue weighted by atomic mass is 10.1. The van der Waals surface area contributed by atoms with Crippen molar-refractivity contribution in [1.29, 1.82) is 0 Å². The van der Waals surface area contributed by atoms with E-state index in [-0.39, 0.29) is 19.8 Å². The molecule has 4 heterocycles. The number of ether oxygens (including phenoxy) is 2. The fourth-order valence-electron chi connectivity index (χ4n) is 3.90. The van der Waals surface area contributed by atoms with Crippen molar-refractivity contribution in [3.05, 3.63) is 85.6 Å². The number of hydrogen-bond acceptors (Lipinski definition) is 10. The number of thiophene rings is 2. The molecule has 14 heteroatoms. The molecule has 0 saturated heterocycles. The van der Waals surface area contributed by atoms with Crippen LogP contribution < -0.4 is 19.2 Å². The smallest absolute Gasteiger partial charge is 0.271 e. The summed E-state index contributed by atoms with van der Waals surface area (Å²) in [5, 5.41) is 2.70. The van der Waals surface area contributed by atoms with E-state index in [0.29, 0.717) is 28.9 Å². The predicted octanol–water partition coefficient (Wildman–Crippen LogP) is 5.10. The Bertz CT molecular complexity index is 1790. The third kappa shape index (κ3) is 4.67. The number of rotatable bonds is 8. The molecule has 0 fully saturated rings. The van der Waals surface area contributed by atoms with Gasteiger partial charge in [0, 0.05) is 17.8 Å². The molecule has 0 saturated carbocycles. The van der Waals surface area contributed by atoms with Crippen molar-refractivity contribution in [3.8, 4) is 0 Å². The Kier molecular flexibility index (Phi) is 6.18. The van der Waals surface area contributed by atoms with Crippen LogP contribution in [0.5, 0.6) is 0 Å². The molecule has 10 nitrogen and oxygen atoms in total. The van der Waals surface area contributed by atoms with Gasteiger partial charge in [-0.3, -0.25) is 9.44 Å². The van der Waals surface area contributed by atoms with Crippen LogP contribution in [-0.2, 0) is 29.5 Å². The highest BCUT2D eigenvalue weighted by Crippen LogP contribution is 2.38. The van der Waals surface area contributed by atoms with Gasteiger partial charge in [-0.15, -0.1) is 22.7 Å². The third-order valence-electron chi connectivity index (χ3n) is 5.74. The first-order valence-electron chi connectivity index (χ1n) is 11.2. The summed E-state index contributed by atoms with van der Waals surface area (Å²) in [6.45, 7) is 0.601. The molecule has 38 heavy (non-hydrogen) atoms. The Morgan fingerprint density at radius 2 is 1.26 bits per heavy atom. The lowest BCUT2D eigenvalue weighted by Crippen LogP contribution is -2.17. The highest BCUT2D eigenvalue weighted by atomic mass is 32.3. The van der Waals surface area contributed by atoms with Crippen molar-refractivity contribution >= 4 is 74.9 Å².